The van der Waals surface area contributed by atoms with Crippen LogP contribution in [0.5, 0.6) is 0 Å². The Morgan fingerprint density at radius 3 is 2.31 bits per heavy atom. The topological polar surface area (TPSA) is 110 Å². The van der Waals surface area contributed by atoms with Gasteiger partial charge in [-0.05, 0) is 43.3 Å². The number of esters is 1. The molecule has 4 rings (SSSR count). The summed E-state index contributed by atoms with van der Waals surface area (Å²) in [7, 11) is -3.56. The lowest BCUT2D eigenvalue weighted by Crippen LogP contribution is -2.41. The molecule has 36 heavy (non-hydrogen) atoms. The van der Waals surface area contributed by atoms with Crippen LogP contribution in [0.1, 0.15) is 35.7 Å². The number of benzene rings is 2. The summed E-state index contributed by atoms with van der Waals surface area (Å²) in [6, 6.07) is 18.6. The summed E-state index contributed by atoms with van der Waals surface area (Å²) in [5, 5.41) is 4.40. The average molecular weight is 527 g/mol. The summed E-state index contributed by atoms with van der Waals surface area (Å²) in [6.07, 6.45) is -0.469. The molecule has 1 N–H and O–H groups in total. The molecule has 1 saturated heterocycles. The van der Waals surface area contributed by atoms with Crippen molar-refractivity contribution in [2.24, 2.45) is 5.92 Å². The highest BCUT2D eigenvalue weighted by Gasteiger charge is 2.34. The maximum Gasteiger partial charge on any atom is 0.309 e. The van der Waals surface area contributed by atoms with E-state index in [-0.39, 0.29) is 23.1 Å². The number of ether oxygens (including phenoxy) is 1. The van der Waals surface area contributed by atoms with E-state index in [1.54, 1.807) is 66.0 Å². The highest BCUT2D eigenvalue weighted by molar-refractivity contribution is 7.91. The number of ketones is 1. The van der Waals surface area contributed by atoms with Crippen LogP contribution in [-0.4, -0.2) is 49.6 Å². The number of sulfonamides is 1. The Kier molecular flexibility index (Phi) is 7.97. The molecular formula is C26H26N2O6S2. The van der Waals surface area contributed by atoms with Crippen LogP contribution in [0.15, 0.2) is 76.3 Å². The fourth-order valence-electron chi connectivity index (χ4n) is 3.96. The normalized spacial score (nSPS) is 15.7. The Labute approximate surface area is 213 Å². The van der Waals surface area contributed by atoms with Gasteiger partial charge in [-0.3, -0.25) is 14.4 Å². The van der Waals surface area contributed by atoms with Gasteiger partial charge in [0, 0.05) is 24.2 Å². The van der Waals surface area contributed by atoms with Crippen LogP contribution >= 0.6 is 11.3 Å². The first-order valence-corrected chi connectivity index (χ1v) is 13.8. The summed E-state index contributed by atoms with van der Waals surface area (Å²) >= 11 is 1.16. The number of hydrogen-bond donors (Lipinski definition) is 1. The maximum absolute atomic E-state index is 12.9. The van der Waals surface area contributed by atoms with Crippen molar-refractivity contribution < 1.29 is 27.5 Å². The molecule has 188 valence electrons. The van der Waals surface area contributed by atoms with Gasteiger partial charge in [-0.2, -0.15) is 4.31 Å². The van der Waals surface area contributed by atoms with E-state index in [1.807, 2.05) is 6.07 Å². The number of carbonyl (C=O) groups is 3. The fraction of sp³-hybridized carbons (Fsp3) is 0.269. The third-order valence-electron chi connectivity index (χ3n) is 6.00. The second-order valence-electron chi connectivity index (χ2n) is 8.42. The molecule has 2 heterocycles. The van der Waals surface area contributed by atoms with E-state index < -0.39 is 33.9 Å². The van der Waals surface area contributed by atoms with Crippen LogP contribution in [0.3, 0.4) is 0 Å². The van der Waals surface area contributed by atoms with Crippen LogP contribution < -0.4 is 5.32 Å². The molecule has 1 atom stereocenters. The van der Waals surface area contributed by atoms with Crippen LogP contribution in [0.4, 0.5) is 5.69 Å². The van der Waals surface area contributed by atoms with Crippen molar-refractivity contribution in [3.05, 3.63) is 83.2 Å². The van der Waals surface area contributed by atoms with Crippen LogP contribution in [0, 0.1) is 5.92 Å². The smallest absolute Gasteiger partial charge is 0.309 e. The van der Waals surface area contributed by atoms with Crippen molar-refractivity contribution in [2.75, 3.05) is 18.4 Å². The van der Waals surface area contributed by atoms with E-state index in [4.69, 9.17) is 4.74 Å². The lowest BCUT2D eigenvalue weighted by molar-refractivity contribution is -0.158. The average Bonchev–Trinajstić information content (AvgIpc) is 3.45. The van der Waals surface area contributed by atoms with Gasteiger partial charge in [-0.25, -0.2) is 8.42 Å². The molecule has 2 aromatic carbocycles. The number of para-hydroxylation sites is 1. The summed E-state index contributed by atoms with van der Waals surface area (Å²) in [4.78, 5) is 38.4. The molecule has 1 amide bonds. The van der Waals surface area contributed by atoms with E-state index in [9.17, 15) is 22.8 Å². The van der Waals surface area contributed by atoms with E-state index in [2.05, 4.69) is 5.32 Å². The number of anilines is 1. The minimum absolute atomic E-state index is 0.204. The second kappa shape index (κ2) is 11.2. The van der Waals surface area contributed by atoms with Gasteiger partial charge >= 0.3 is 5.97 Å². The Bertz CT molecular complexity index is 1330. The van der Waals surface area contributed by atoms with E-state index >= 15 is 0 Å². The van der Waals surface area contributed by atoms with E-state index in [1.165, 1.54) is 11.2 Å². The van der Waals surface area contributed by atoms with Gasteiger partial charge in [0.2, 0.25) is 0 Å². The van der Waals surface area contributed by atoms with Gasteiger partial charge in [0.1, 0.15) is 4.21 Å². The Morgan fingerprint density at radius 1 is 0.972 bits per heavy atom. The van der Waals surface area contributed by atoms with Crippen molar-refractivity contribution in [3.63, 3.8) is 0 Å². The summed E-state index contributed by atoms with van der Waals surface area (Å²) in [5.74, 6) is -1.84. The first-order chi connectivity index (χ1) is 17.3. The first-order valence-electron chi connectivity index (χ1n) is 11.5. The molecule has 0 aliphatic carbocycles. The zero-order valence-corrected chi connectivity index (χ0v) is 21.3. The lowest BCUT2D eigenvalue weighted by atomic mass is 9.98. The number of amides is 1. The molecule has 1 aliphatic rings. The highest BCUT2D eigenvalue weighted by Crippen LogP contribution is 2.27. The summed E-state index contributed by atoms with van der Waals surface area (Å²) in [5.41, 5.74) is 1.15. The molecular weight excluding hydrogens is 500 g/mol. The monoisotopic (exact) mass is 526 g/mol. The van der Waals surface area contributed by atoms with Gasteiger partial charge in [-0.1, -0.05) is 48.5 Å². The molecule has 0 saturated carbocycles. The number of rotatable bonds is 8. The molecule has 8 nitrogen and oxygen atoms in total. The van der Waals surface area contributed by atoms with Gasteiger partial charge in [0.05, 0.1) is 11.6 Å². The first kappa shape index (κ1) is 25.7. The Morgan fingerprint density at radius 2 is 1.64 bits per heavy atom. The summed E-state index contributed by atoms with van der Waals surface area (Å²) < 4.78 is 32.4. The number of nitrogens with zero attached hydrogens (tertiary/aromatic N) is 1. The third kappa shape index (κ3) is 5.72. The van der Waals surface area contributed by atoms with Crippen molar-refractivity contribution in [3.8, 4) is 0 Å². The summed E-state index contributed by atoms with van der Waals surface area (Å²) in [6.45, 7) is 1.87. The standard InChI is InChI=1S/C26H26N2O6S2/c1-18(25(30)27-22-11-6-5-10-21(22)24(29)19-8-3-2-4-9-19)34-26(31)20-13-15-28(16-14-20)36(32,33)23-12-7-17-35-23/h2-12,17-18,20H,13-16H2,1H3,(H,27,30)/t18-/m0/s1. The van der Waals surface area contributed by atoms with Crippen LogP contribution in [0.2, 0.25) is 0 Å². The minimum Gasteiger partial charge on any atom is -0.452 e. The molecule has 1 aromatic heterocycles. The van der Waals surface area contributed by atoms with Gasteiger partial charge in [0.25, 0.3) is 15.9 Å². The Hall–Kier alpha value is -3.34. The molecule has 0 spiro atoms. The number of hydrogen-bond acceptors (Lipinski definition) is 7. The van der Waals surface area contributed by atoms with Gasteiger partial charge in [0.15, 0.2) is 11.9 Å². The lowest BCUT2D eigenvalue weighted by Gasteiger charge is -2.30. The van der Waals surface area contributed by atoms with E-state index in [0.29, 0.717) is 29.7 Å². The van der Waals surface area contributed by atoms with Crippen molar-refractivity contribution in [1.29, 1.82) is 0 Å². The second-order valence-corrected chi connectivity index (χ2v) is 11.5. The van der Waals surface area contributed by atoms with Crippen LogP contribution in [-0.2, 0) is 24.3 Å². The highest BCUT2D eigenvalue weighted by atomic mass is 32.2. The third-order valence-corrected chi connectivity index (χ3v) is 9.28. The SMILES string of the molecule is C[C@H](OC(=O)C1CCN(S(=O)(=O)c2cccs2)CC1)C(=O)Nc1ccccc1C(=O)c1ccccc1. The number of carbonyl (C=O) groups excluding carboxylic acids is 3. The largest absolute Gasteiger partial charge is 0.452 e. The quantitative estimate of drug-likeness (QED) is 0.352. The molecule has 10 heteroatoms. The minimum atomic E-state index is -3.56. The van der Waals surface area contributed by atoms with Crippen molar-refractivity contribution in [2.45, 2.75) is 30.1 Å². The molecule has 1 fully saturated rings. The number of thiophene rings is 1. The number of nitrogens with one attached hydrogen (secondary N) is 1. The van der Waals surface area contributed by atoms with Crippen molar-refractivity contribution in [1.82, 2.24) is 4.31 Å². The number of piperidine rings is 1. The molecule has 1 aliphatic heterocycles. The predicted octanol–water partition coefficient (Wildman–Crippen LogP) is 3.95. The molecule has 0 unspecified atom stereocenters. The van der Waals surface area contributed by atoms with Crippen molar-refractivity contribution >= 4 is 44.7 Å². The predicted molar refractivity (Wildman–Crippen MR) is 136 cm³/mol. The zero-order chi connectivity index (χ0) is 25.7. The van der Waals surface area contributed by atoms with Crippen LogP contribution in [0.25, 0.3) is 0 Å². The van der Waals surface area contributed by atoms with Gasteiger partial charge < -0.3 is 10.1 Å². The molecule has 0 radical (unpaired) electrons. The maximum atomic E-state index is 12.9. The molecule has 3 aromatic rings. The Balaban J connectivity index is 1.34. The van der Waals surface area contributed by atoms with Gasteiger partial charge in [-0.15, -0.1) is 11.3 Å². The molecule has 0 bridgehead atoms. The van der Waals surface area contributed by atoms with E-state index in [0.717, 1.165) is 11.3 Å². The fourth-order valence-corrected chi connectivity index (χ4v) is 6.58. The zero-order valence-electron chi connectivity index (χ0n) is 19.6.